The highest BCUT2D eigenvalue weighted by molar-refractivity contribution is 7.10. The minimum Gasteiger partial charge on any atom is -0.383 e. The Morgan fingerprint density at radius 1 is 1.21 bits per heavy atom. The van der Waals surface area contributed by atoms with Gasteiger partial charge in [-0.15, -0.1) is 11.3 Å². The molecule has 0 saturated carbocycles. The van der Waals surface area contributed by atoms with Crippen LogP contribution in [-0.4, -0.2) is 32.1 Å². The number of amides is 2. The summed E-state index contributed by atoms with van der Waals surface area (Å²) in [6.07, 6.45) is 1.67. The molecule has 5 nitrogen and oxygen atoms in total. The maximum absolute atomic E-state index is 12.4. The smallest absolute Gasteiger partial charge is 0.267 e. The van der Waals surface area contributed by atoms with Gasteiger partial charge in [0.1, 0.15) is 5.70 Å². The van der Waals surface area contributed by atoms with E-state index in [4.69, 9.17) is 4.74 Å². The molecule has 0 fully saturated rings. The minimum atomic E-state index is -0.346. The fraction of sp³-hybridized carbons (Fsp3) is 0.222. The SMILES string of the molecule is COCCNC(=O)/C(=C/c1cccs1)NC(=O)c1ccc(C)cc1. The third-order valence-corrected chi connectivity index (χ3v) is 4.05. The van der Waals surface area contributed by atoms with E-state index in [1.165, 1.54) is 11.3 Å². The van der Waals surface area contributed by atoms with Crippen molar-refractivity contribution < 1.29 is 14.3 Å². The molecule has 0 radical (unpaired) electrons. The van der Waals surface area contributed by atoms with Crippen LogP contribution in [0.3, 0.4) is 0 Å². The summed E-state index contributed by atoms with van der Waals surface area (Å²) in [5, 5.41) is 7.32. The van der Waals surface area contributed by atoms with Gasteiger partial charge in [0.05, 0.1) is 6.61 Å². The summed E-state index contributed by atoms with van der Waals surface area (Å²) in [6.45, 7) is 2.73. The van der Waals surface area contributed by atoms with Crippen molar-refractivity contribution in [2.75, 3.05) is 20.3 Å². The monoisotopic (exact) mass is 344 g/mol. The molecule has 0 atom stereocenters. The van der Waals surface area contributed by atoms with Gasteiger partial charge in [-0.05, 0) is 36.6 Å². The van der Waals surface area contributed by atoms with Crippen LogP contribution in [-0.2, 0) is 9.53 Å². The van der Waals surface area contributed by atoms with Gasteiger partial charge in [0.15, 0.2) is 0 Å². The maximum atomic E-state index is 12.4. The van der Waals surface area contributed by atoms with E-state index < -0.39 is 0 Å². The number of aryl methyl sites for hydroxylation is 1. The van der Waals surface area contributed by atoms with Crippen LogP contribution in [0.4, 0.5) is 0 Å². The van der Waals surface area contributed by atoms with E-state index in [9.17, 15) is 9.59 Å². The first-order valence-corrected chi connectivity index (χ1v) is 8.38. The number of thiophene rings is 1. The predicted molar refractivity (Wildman–Crippen MR) is 95.8 cm³/mol. The van der Waals surface area contributed by atoms with Crippen LogP contribution in [0.1, 0.15) is 20.8 Å². The van der Waals surface area contributed by atoms with E-state index in [2.05, 4.69) is 10.6 Å². The summed E-state index contributed by atoms with van der Waals surface area (Å²) in [6, 6.07) is 10.9. The second-order valence-electron chi connectivity index (χ2n) is 5.14. The molecule has 2 rings (SSSR count). The quantitative estimate of drug-likeness (QED) is 0.599. The molecular weight excluding hydrogens is 324 g/mol. The minimum absolute atomic E-state index is 0.208. The Morgan fingerprint density at radius 3 is 2.58 bits per heavy atom. The van der Waals surface area contributed by atoms with Gasteiger partial charge < -0.3 is 15.4 Å². The largest absolute Gasteiger partial charge is 0.383 e. The van der Waals surface area contributed by atoms with Crippen molar-refractivity contribution in [3.63, 3.8) is 0 Å². The molecule has 6 heteroatoms. The van der Waals surface area contributed by atoms with Crippen molar-refractivity contribution in [3.05, 3.63) is 63.5 Å². The lowest BCUT2D eigenvalue weighted by Crippen LogP contribution is -2.36. The van der Waals surface area contributed by atoms with Gasteiger partial charge in [0, 0.05) is 24.1 Å². The Morgan fingerprint density at radius 2 is 1.96 bits per heavy atom. The van der Waals surface area contributed by atoms with E-state index in [0.29, 0.717) is 18.7 Å². The second kappa shape index (κ2) is 9.00. The molecule has 1 aromatic heterocycles. The third kappa shape index (κ3) is 5.33. The Balaban J connectivity index is 2.14. The number of hydrogen-bond donors (Lipinski definition) is 2. The molecule has 0 bridgehead atoms. The maximum Gasteiger partial charge on any atom is 0.267 e. The molecule has 1 aromatic carbocycles. The van der Waals surface area contributed by atoms with E-state index in [-0.39, 0.29) is 17.5 Å². The summed E-state index contributed by atoms with van der Waals surface area (Å²) in [4.78, 5) is 25.6. The summed E-state index contributed by atoms with van der Waals surface area (Å²) < 4.78 is 4.92. The average Bonchev–Trinajstić information content (AvgIpc) is 3.08. The van der Waals surface area contributed by atoms with Crippen LogP contribution >= 0.6 is 11.3 Å². The summed E-state index contributed by atoms with van der Waals surface area (Å²) in [5.74, 6) is -0.666. The topological polar surface area (TPSA) is 67.4 Å². The third-order valence-electron chi connectivity index (χ3n) is 3.23. The van der Waals surface area contributed by atoms with Crippen molar-refractivity contribution in [1.29, 1.82) is 0 Å². The molecule has 2 aromatic rings. The molecule has 0 unspecified atom stereocenters. The van der Waals surface area contributed by atoms with Crippen molar-refractivity contribution in [2.24, 2.45) is 0 Å². The number of methoxy groups -OCH3 is 1. The molecule has 2 amide bonds. The molecule has 24 heavy (non-hydrogen) atoms. The van der Waals surface area contributed by atoms with Gasteiger partial charge in [-0.3, -0.25) is 9.59 Å². The Labute approximate surface area is 145 Å². The zero-order chi connectivity index (χ0) is 17.4. The number of hydrogen-bond acceptors (Lipinski definition) is 4. The molecule has 0 aliphatic rings. The van der Waals surface area contributed by atoms with Crippen LogP contribution < -0.4 is 10.6 Å². The van der Waals surface area contributed by atoms with E-state index in [0.717, 1.165) is 10.4 Å². The zero-order valence-corrected chi connectivity index (χ0v) is 14.5. The Hall–Kier alpha value is -2.44. The number of rotatable bonds is 7. The van der Waals surface area contributed by atoms with Crippen molar-refractivity contribution in [2.45, 2.75) is 6.92 Å². The van der Waals surface area contributed by atoms with Gasteiger partial charge in [0.25, 0.3) is 11.8 Å². The lowest BCUT2D eigenvalue weighted by atomic mass is 10.1. The molecule has 0 aliphatic carbocycles. The van der Waals surface area contributed by atoms with Crippen LogP contribution in [0, 0.1) is 6.92 Å². The van der Waals surface area contributed by atoms with E-state index in [1.54, 1.807) is 25.3 Å². The number of carbonyl (C=O) groups excluding carboxylic acids is 2. The lowest BCUT2D eigenvalue weighted by molar-refractivity contribution is -0.117. The van der Waals surface area contributed by atoms with E-state index in [1.807, 2.05) is 36.6 Å². The zero-order valence-electron chi connectivity index (χ0n) is 13.7. The highest BCUT2D eigenvalue weighted by atomic mass is 32.1. The first-order chi connectivity index (χ1) is 11.6. The van der Waals surface area contributed by atoms with Crippen LogP contribution in [0.5, 0.6) is 0 Å². The fourth-order valence-electron chi connectivity index (χ4n) is 1.94. The number of nitrogens with one attached hydrogen (secondary N) is 2. The first kappa shape index (κ1) is 17.9. The van der Waals surface area contributed by atoms with Crippen molar-refractivity contribution >= 4 is 29.2 Å². The lowest BCUT2D eigenvalue weighted by Gasteiger charge is -2.11. The molecule has 2 N–H and O–H groups in total. The normalized spacial score (nSPS) is 11.2. The molecule has 1 heterocycles. The number of carbonyl (C=O) groups is 2. The Bertz CT molecular complexity index is 706. The molecule has 0 aliphatic heterocycles. The summed E-state index contributed by atoms with van der Waals surface area (Å²) in [5.41, 5.74) is 1.78. The van der Waals surface area contributed by atoms with Gasteiger partial charge in [-0.25, -0.2) is 0 Å². The standard InChI is InChI=1S/C18H20N2O3S/c1-13-5-7-14(8-6-13)17(21)20-16(12-15-4-3-11-24-15)18(22)19-9-10-23-2/h3-8,11-12H,9-10H2,1-2H3,(H,19,22)(H,20,21)/b16-12-. The van der Waals surface area contributed by atoms with E-state index >= 15 is 0 Å². The Kier molecular flexibility index (Phi) is 6.72. The fourth-order valence-corrected chi connectivity index (χ4v) is 2.59. The second-order valence-corrected chi connectivity index (χ2v) is 6.12. The molecule has 0 spiro atoms. The van der Waals surface area contributed by atoms with Crippen molar-refractivity contribution in [1.82, 2.24) is 10.6 Å². The van der Waals surface area contributed by atoms with Gasteiger partial charge in [-0.2, -0.15) is 0 Å². The van der Waals surface area contributed by atoms with Gasteiger partial charge in [-0.1, -0.05) is 23.8 Å². The van der Waals surface area contributed by atoms with Crippen molar-refractivity contribution in [3.8, 4) is 0 Å². The average molecular weight is 344 g/mol. The van der Waals surface area contributed by atoms with Crippen LogP contribution in [0.15, 0.2) is 47.5 Å². The van der Waals surface area contributed by atoms with Gasteiger partial charge in [0.2, 0.25) is 0 Å². The first-order valence-electron chi connectivity index (χ1n) is 7.50. The summed E-state index contributed by atoms with van der Waals surface area (Å²) >= 11 is 1.49. The van der Waals surface area contributed by atoms with Gasteiger partial charge >= 0.3 is 0 Å². The summed E-state index contributed by atoms with van der Waals surface area (Å²) in [7, 11) is 1.56. The number of benzene rings is 1. The predicted octanol–water partition coefficient (Wildman–Crippen LogP) is 2.59. The van der Waals surface area contributed by atoms with Crippen LogP contribution in [0.25, 0.3) is 6.08 Å². The number of ether oxygens (including phenoxy) is 1. The molecule has 0 saturated heterocycles. The highest BCUT2D eigenvalue weighted by Crippen LogP contribution is 2.13. The highest BCUT2D eigenvalue weighted by Gasteiger charge is 2.14. The van der Waals surface area contributed by atoms with Crippen LogP contribution in [0.2, 0.25) is 0 Å². The molecule has 126 valence electrons. The molecular formula is C18H20N2O3S.